The number of carbonyl (C=O) groups excluding carboxylic acids is 3. The molecule has 2 aromatic rings. The molecule has 0 atom stereocenters. The maximum absolute atomic E-state index is 13.2. The van der Waals surface area contributed by atoms with E-state index in [1.54, 1.807) is 4.90 Å². The molecule has 5 rings (SSSR count). The molecule has 6 nitrogen and oxygen atoms in total. The van der Waals surface area contributed by atoms with E-state index in [1.165, 1.54) is 23.7 Å². The van der Waals surface area contributed by atoms with Crippen LogP contribution in [0.2, 0.25) is 0 Å². The highest BCUT2D eigenvalue weighted by atomic mass is 32.2. The molecule has 0 aliphatic carbocycles. The second kappa shape index (κ2) is 10.9. The van der Waals surface area contributed by atoms with Gasteiger partial charge in [0.05, 0.1) is 11.4 Å². The third kappa shape index (κ3) is 5.56. The summed E-state index contributed by atoms with van der Waals surface area (Å²) >= 11 is 1.48. The van der Waals surface area contributed by atoms with Crippen LogP contribution in [0.4, 0.5) is 5.69 Å². The fourth-order valence-electron chi connectivity index (χ4n) is 5.36. The summed E-state index contributed by atoms with van der Waals surface area (Å²) in [5, 5.41) is 0. The molecule has 3 aliphatic rings. The van der Waals surface area contributed by atoms with Gasteiger partial charge < -0.3 is 14.7 Å². The Kier molecular flexibility index (Phi) is 7.42. The molecular formula is C28H33N3O3S. The predicted octanol–water partition coefficient (Wildman–Crippen LogP) is 4.23. The zero-order valence-electron chi connectivity index (χ0n) is 20.2. The maximum atomic E-state index is 13.2. The summed E-state index contributed by atoms with van der Waals surface area (Å²) < 4.78 is 0. The van der Waals surface area contributed by atoms with Gasteiger partial charge in [0.1, 0.15) is 6.54 Å². The van der Waals surface area contributed by atoms with Gasteiger partial charge in [0.15, 0.2) is 0 Å². The Morgan fingerprint density at radius 3 is 2.37 bits per heavy atom. The molecule has 2 fully saturated rings. The monoisotopic (exact) mass is 491 g/mol. The van der Waals surface area contributed by atoms with Crippen LogP contribution in [-0.4, -0.2) is 66.0 Å². The molecule has 3 heterocycles. The van der Waals surface area contributed by atoms with Gasteiger partial charge in [0.25, 0.3) is 5.91 Å². The Labute approximate surface area is 211 Å². The van der Waals surface area contributed by atoms with E-state index in [2.05, 4.69) is 24.3 Å². The Bertz CT molecular complexity index is 1080. The fourth-order valence-corrected chi connectivity index (χ4v) is 6.27. The first-order chi connectivity index (χ1) is 17.1. The molecule has 0 bridgehead atoms. The summed E-state index contributed by atoms with van der Waals surface area (Å²) in [4.78, 5) is 45.5. The molecule has 3 amide bonds. The van der Waals surface area contributed by atoms with Crippen LogP contribution in [-0.2, 0) is 16.0 Å². The SMILES string of the molecule is O=C(CN1C(=O)CSc2ccc(C(=O)N3CCCCC3)cc21)N1CCC(Cc2ccccc2)CC1. The molecule has 0 N–H and O–H groups in total. The summed E-state index contributed by atoms with van der Waals surface area (Å²) in [5.74, 6) is 0.833. The van der Waals surface area contributed by atoms with Gasteiger partial charge in [0, 0.05) is 36.6 Å². The number of hydrogen-bond donors (Lipinski definition) is 0. The first-order valence-corrected chi connectivity index (χ1v) is 13.8. The van der Waals surface area contributed by atoms with Crippen molar-refractivity contribution in [3.05, 3.63) is 59.7 Å². The number of nitrogens with zero attached hydrogens (tertiary/aromatic N) is 3. The fraction of sp³-hybridized carbons (Fsp3) is 0.464. The molecule has 184 valence electrons. The minimum Gasteiger partial charge on any atom is -0.341 e. The molecule has 0 aromatic heterocycles. The van der Waals surface area contributed by atoms with Crippen LogP contribution in [0.15, 0.2) is 53.4 Å². The first-order valence-electron chi connectivity index (χ1n) is 12.8. The normalized spacial score (nSPS) is 19.0. The van der Waals surface area contributed by atoms with Gasteiger partial charge in [-0.15, -0.1) is 11.8 Å². The third-order valence-electron chi connectivity index (χ3n) is 7.42. The average molecular weight is 492 g/mol. The molecule has 0 radical (unpaired) electrons. The number of piperidine rings is 2. The first kappa shape index (κ1) is 23.9. The highest BCUT2D eigenvalue weighted by Gasteiger charge is 2.31. The van der Waals surface area contributed by atoms with Crippen molar-refractivity contribution in [1.29, 1.82) is 0 Å². The van der Waals surface area contributed by atoms with Gasteiger partial charge in [-0.3, -0.25) is 14.4 Å². The van der Waals surface area contributed by atoms with Crippen molar-refractivity contribution in [1.82, 2.24) is 9.80 Å². The highest BCUT2D eigenvalue weighted by molar-refractivity contribution is 8.00. The van der Waals surface area contributed by atoms with Crippen LogP contribution in [0.3, 0.4) is 0 Å². The summed E-state index contributed by atoms with van der Waals surface area (Å²) in [5.41, 5.74) is 2.64. The molecule has 35 heavy (non-hydrogen) atoms. The molecule has 3 aliphatic heterocycles. The smallest absolute Gasteiger partial charge is 0.253 e. The topological polar surface area (TPSA) is 60.9 Å². The largest absolute Gasteiger partial charge is 0.341 e. The Morgan fingerprint density at radius 2 is 1.63 bits per heavy atom. The van der Waals surface area contributed by atoms with Crippen molar-refractivity contribution >= 4 is 35.2 Å². The summed E-state index contributed by atoms with van der Waals surface area (Å²) in [7, 11) is 0. The quantitative estimate of drug-likeness (QED) is 0.628. The number of amides is 3. The van der Waals surface area contributed by atoms with Crippen molar-refractivity contribution in [2.24, 2.45) is 5.92 Å². The lowest BCUT2D eigenvalue weighted by molar-refractivity contribution is -0.132. The Balaban J connectivity index is 1.23. The van der Waals surface area contributed by atoms with E-state index in [9.17, 15) is 14.4 Å². The second-order valence-electron chi connectivity index (χ2n) is 9.82. The third-order valence-corrected chi connectivity index (χ3v) is 8.47. The lowest BCUT2D eigenvalue weighted by Gasteiger charge is -2.35. The number of fused-ring (bicyclic) bond motifs is 1. The Hall–Kier alpha value is -2.80. The standard InChI is InChI=1S/C28H33N3O3S/c32-26(29-15-11-22(12-16-29)17-21-7-3-1-4-8-21)19-31-24-18-23(9-10-25(24)35-20-27(31)33)28(34)30-13-5-2-6-14-30/h1,3-4,7-10,18,22H,2,5-6,11-17,19-20H2. The second-order valence-corrected chi connectivity index (χ2v) is 10.8. The van der Waals surface area contributed by atoms with E-state index in [1.807, 2.05) is 34.1 Å². The van der Waals surface area contributed by atoms with Crippen molar-refractivity contribution in [3.63, 3.8) is 0 Å². The predicted molar refractivity (Wildman–Crippen MR) is 139 cm³/mol. The number of benzene rings is 2. The van der Waals surface area contributed by atoms with Crippen LogP contribution in [0, 0.1) is 5.92 Å². The Morgan fingerprint density at radius 1 is 0.886 bits per heavy atom. The number of likely N-dealkylation sites (tertiary alicyclic amines) is 2. The van der Waals surface area contributed by atoms with Gasteiger partial charge in [-0.2, -0.15) is 0 Å². The average Bonchev–Trinajstić information content (AvgIpc) is 2.91. The van der Waals surface area contributed by atoms with Crippen molar-refractivity contribution < 1.29 is 14.4 Å². The van der Waals surface area contributed by atoms with Crippen LogP contribution < -0.4 is 4.90 Å². The van der Waals surface area contributed by atoms with E-state index in [-0.39, 0.29) is 24.3 Å². The van der Waals surface area contributed by atoms with Gasteiger partial charge in [-0.05, 0) is 68.2 Å². The van der Waals surface area contributed by atoms with Gasteiger partial charge in [-0.1, -0.05) is 30.3 Å². The summed E-state index contributed by atoms with van der Waals surface area (Å²) in [6.45, 7) is 3.07. The summed E-state index contributed by atoms with van der Waals surface area (Å²) in [6.07, 6.45) is 6.25. The lowest BCUT2D eigenvalue weighted by Crippen LogP contribution is -2.47. The minimum atomic E-state index is -0.0719. The van der Waals surface area contributed by atoms with E-state index in [4.69, 9.17) is 0 Å². The van der Waals surface area contributed by atoms with Crippen LogP contribution >= 0.6 is 11.8 Å². The zero-order chi connectivity index (χ0) is 24.2. The number of carbonyl (C=O) groups is 3. The van der Waals surface area contributed by atoms with Crippen LogP contribution in [0.25, 0.3) is 0 Å². The number of hydrogen-bond acceptors (Lipinski definition) is 4. The van der Waals surface area contributed by atoms with Crippen LogP contribution in [0.5, 0.6) is 0 Å². The van der Waals surface area contributed by atoms with Crippen molar-refractivity contribution in [2.45, 2.75) is 43.4 Å². The maximum Gasteiger partial charge on any atom is 0.253 e. The molecule has 2 aromatic carbocycles. The molecule has 7 heteroatoms. The van der Waals surface area contributed by atoms with E-state index >= 15 is 0 Å². The molecule has 0 unspecified atom stereocenters. The van der Waals surface area contributed by atoms with Crippen LogP contribution in [0.1, 0.15) is 48.0 Å². The van der Waals surface area contributed by atoms with Crippen molar-refractivity contribution in [3.8, 4) is 0 Å². The molecule has 2 saturated heterocycles. The minimum absolute atomic E-state index is 0.0119. The number of thioether (sulfide) groups is 1. The lowest BCUT2D eigenvalue weighted by atomic mass is 9.90. The van der Waals surface area contributed by atoms with E-state index < -0.39 is 0 Å². The van der Waals surface area contributed by atoms with Crippen molar-refractivity contribution in [2.75, 3.05) is 43.4 Å². The van der Waals surface area contributed by atoms with Gasteiger partial charge in [0.2, 0.25) is 11.8 Å². The van der Waals surface area contributed by atoms with Gasteiger partial charge >= 0.3 is 0 Å². The van der Waals surface area contributed by atoms with Gasteiger partial charge in [-0.25, -0.2) is 0 Å². The van der Waals surface area contributed by atoms with E-state index in [0.29, 0.717) is 22.9 Å². The molecule has 0 saturated carbocycles. The zero-order valence-corrected chi connectivity index (χ0v) is 21.0. The van der Waals surface area contributed by atoms with E-state index in [0.717, 1.165) is 63.2 Å². The highest BCUT2D eigenvalue weighted by Crippen LogP contribution is 2.36. The molecular weight excluding hydrogens is 458 g/mol. The number of rotatable bonds is 5. The molecule has 0 spiro atoms. The summed E-state index contributed by atoms with van der Waals surface area (Å²) in [6, 6.07) is 16.1. The number of anilines is 1.